The Morgan fingerprint density at radius 3 is 2.65 bits per heavy atom. The summed E-state index contributed by atoms with van der Waals surface area (Å²) in [5.74, 6) is 0.500. The summed E-state index contributed by atoms with van der Waals surface area (Å²) in [6, 6.07) is 0. The van der Waals surface area contributed by atoms with Crippen molar-refractivity contribution in [1.82, 2.24) is 20.5 Å². The number of anilines is 1. The summed E-state index contributed by atoms with van der Waals surface area (Å²) in [7, 11) is 0. The number of hydrogen-bond donors (Lipinski definition) is 2. The molecule has 20 heavy (non-hydrogen) atoms. The highest BCUT2D eigenvalue weighted by Crippen LogP contribution is 2.06. The van der Waals surface area contributed by atoms with Gasteiger partial charge in [-0.3, -0.25) is 0 Å². The Kier molecular flexibility index (Phi) is 6.14. The number of unbranched alkanes of at least 4 members (excludes halogenated alkanes) is 1. The first-order valence-corrected chi connectivity index (χ1v) is 6.80. The number of aromatic nitrogens is 3. The van der Waals surface area contributed by atoms with Crippen LogP contribution >= 0.6 is 0 Å². The summed E-state index contributed by atoms with van der Waals surface area (Å²) < 4.78 is 5.12. The number of alkyl carbamates (subject to hydrolysis) is 1. The minimum Gasteiger partial charge on any atom is -0.444 e. The van der Waals surface area contributed by atoms with E-state index in [0.717, 1.165) is 19.4 Å². The van der Waals surface area contributed by atoms with Crippen LogP contribution in [-0.2, 0) is 11.3 Å². The number of rotatable bonds is 6. The highest BCUT2D eigenvalue weighted by Gasteiger charge is 2.15. The zero-order valence-electron chi connectivity index (χ0n) is 12.6. The summed E-state index contributed by atoms with van der Waals surface area (Å²) in [4.78, 5) is 15.6. The van der Waals surface area contributed by atoms with Gasteiger partial charge in [-0.25, -0.2) is 9.78 Å². The summed E-state index contributed by atoms with van der Waals surface area (Å²) in [5.41, 5.74) is 0.0676. The van der Waals surface area contributed by atoms with Gasteiger partial charge in [0.15, 0.2) is 0 Å². The van der Waals surface area contributed by atoms with Crippen LogP contribution in [0.2, 0.25) is 0 Å². The van der Waals surface area contributed by atoms with E-state index in [1.54, 1.807) is 6.20 Å². The van der Waals surface area contributed by atoms with E-state index in [4.69, 9.17) is 4.74 Å². The van der Waals surface area contributed by atoms with Crippen molar-refractivity contribution in [2.24, 2.45) is 0 Å². The number of ether oxygens (including phenoxy) is 1. The number of nitrogens with one attached hydrogen (secondary N) is 2. The third-order valence-electron chi connectivity index (χ3n) is 2.24. The van der Waals surface area contributed by atoms with Crippen LogP contribution in [0.3, 0.4) is 0 Å². The highest BCUT2D eigenvalue weighted by atomic mass is 16.6. The SMILES string of the molecule is CCCCNc1ncc(CNC(=O)OC(C)(C)C)nn1. The van der Waals surface area contributed by atoms with Gasteiger partial charge in [-0.2, -0.15) is 0 Å². The second kappa shape index (κ2) is 7.62. The Balaban J connectivity index is 2.36. The molecular formula is C13H23N5O2. The molecule has 0 aliphatic carbocycles. The standard InChI is InChI=1S/C13H23N5O2/c1-5-6-7-14-11-15-8-10(17-18-11)9-16-12(19)20-13(2,3)4/h8H,5-7,9H2,1-4H3,(H,16,19)(H,14,15,18). The smallest absolute Gasteiger partial charge is 0.407 e. The molecule has 0 saturated carbocycles. The molecule has 0 aliphatic heterocycles. The van der Waals surface area contributed by atoms with E-state index in [2.05, 4.69) is 32.7 Å². The molecule has 112 valence electrons. The maximum atomic E-state index is 11.5. The van der Waals surface area contributed by atoms with Gasteiger partial charge in [-0.15, -0.1) is 10.2 Å². The quantitative estimate of drug-likeness (QED) is 0.776. The predicted molar refractivity (Wildman–Crippen MR) is 76.3 cm³/mol. The normalized spacial score (nSPS) is 11.0. The fourth-order valence-corrected chi connectivity index (χ4v) is 1.31. The van der Waals surface area contributed by atoms with Gasteiger partial charge in [0.05, 0.1) is 12.7 Å². The zero-order chi connectivity index (χ0) is 15.0. The van der Waals surface area contributed by atoms with E-state index in [9.17, 15) is 4.79 Å². The van der Waals surface area contributed by atoms with Crippen molar-refractivity contribution in [3.8, 4) is 0 Å². The van der Waals surface area contributed by atoms with E-state index in [1.165, 1.54) is 0 Å². The van der Waals surface area contributed by atoms with Crippen molar-refractivity contribution in [1.29, 1.82) is 0 Å². The predicted octanol–water partition coefficient (Wildman–Crippen LogP) is 2.11. The molecule has 1 aromatic heterocycles. The molecule has 0 saturated heterocycles. The summed E-state index contributed by atoms with van der Waals surface area (Å²) >= 11 is 0. The first kappa shape index (κ1) is 16.1. The summed E-state index contributed by atoms with van der Waals surface area (Å²) in [5, 5.41) is 13.6. The third kappa shape index (κ3) is 6.86. The average molecular weight is 281 g/mol. The van der Waals surface area contributed by atoms with E-state index in [1.807, 2.05) is 20.8 Å². The molecule has 2 N–H and O–H groups in total. The van der Waals surface area contributed by atoms with Crippen LogP contribution in [0.5, 0.6) is 0 Å². The lowest BCUT2D eigenvalue weighted by molar-refractivity contribution is 0.0523. The number of amides is 1. The largest absolute Gasteiger partial charge is 0.444 e. The van der Waals surface area contributed by atoms with Crippen LogP contribution in [0.15, 0.2) is 6.20 Å². The Morgan fingerprint density at radius 1 is 1.35 bits per heavy atom. The first-order chi connectivity index (χ1) is 9.40. The molecule has 0 unspecified atom stereocenters. The van der Waals surface area contributed by atoms with Gasteiger partial charge in [0.1, 0.15) is 11.3 Å². The second-order valence-electron chi connectivity index (χ2n) is 5.41. The second-order valence-corrected chi connectivity index (χ2v) is 5.41. The van der Waals surface area contributed by atoms with Gasteiger partial charge in [0.25, 0.3) is 0 Å². The minimum atomic E-state index is -0.513. The fraction of sp³-hybridized carbons (Fsp3) is 0.692. The lowest BCUT2D eigenvalue weighted by Crippen LogP contribution is -2.32. The van der Waals surface area contributed by atoms with Gasteiger partial charge >= 0.3 is 6.09 Å². The Hall–Kier alpha value is -1.92. The van der Waals surface area contributed by atoms with Gasteiger partial charge < -0.3 is 15.4 Å². The van der Waals surface area contributed by atoms with Crippen molar-refractivity contribution in [2.45, 2.75) is 52.7 Å². The lowest BCUT2D eigenvalue weighted by Gasteiger charge is -2.19. The van der Waals surface area contributed by atoms with Crippen LogP contribution in [0.4, 0.5) is 10.7 Å². The maximum Gasteiger partial charge on any atom is 0.407 e. The van der Waals surface area contributed by atoms with Crippen molar-refractivity contribution < 1.29 is 9.53 Å². The van der Waals surface area contributed by atoms with Crippen LogP contribution in [-0.4, -0.2) is 33.4 Å². The summed E-state index contributed by atoms with van der Waals surface area (Å²) in [6.07, 6.45) is 3.27. The molecule has 0 bridgehead atoms. The molecule has 1 rings (SSSR count). The van der Waals surface area contributed by atoms with Gasteiger partial charge in [-0.1, -0.05) is 13.3 Å². The molecule has 1 amide bonds. The Bertz CT molecular complexity index is 414. The molecule has 7 nitrogen and oxygen atoms in total. The van der Waals surface area contributed by atoms with Crippen LogP contribution in [0.25, 0.3) is 0 Å². The third-order valence-corrected chi connectivity index (χ3v) is 2.24. The molecule has 0 atom stereocenters. The van der Waals surface area contributed by atoms with E-state index in [0.29, 0.717) is 11.6 Å². The van der Waals surface area contributed by atoms with E-state index >= 15 is 0 Å². The van der Waals surface area contributed by atoms with Crippen molar-refractivity contribution >= 4 is 12.0 Å². The monoisotopic (exact) mass is 281 g/mol. The van der Waals surface area contributed by atoms with Gasteiger partial charge in [-0.05, 0) is 27.2 Å². The fourth-order valence-electron chi connectivity index (χ4n) is 1.31. The number of nitrogens with zero attached hydrogens (tertiary/aromatic N) is 3. The topological polar surface area (TPSA) is 89.0 Å². The molecule has 1 aromatic rings. The molecule has 0 radical (unpaired) electrons. The first-order valence-electron chi connectivity index (χ1n) is 6.80. The number of carbonyl (C=O) groups is 1. The number of carbonyl (C=O) groups excluding carboxylic acids is 1. The van der Waals surface area contributed by atoms with Gasteiger partial charge in [0.2, 0.25) is 5.95 Å². The lowest BCUT2D eigenvalue weighted by atomic mass is 10.2. The van der Waals surface area contributed by atoms with Crippen molar-refractivity contribution in [3.05, 3.63) is 11.9 Å². The molecule has 7 heteroatoms. The molecule has 1 heterocycles. The van der Waals surface area contributed by atoms with Gasteiger partial charge in [0, 0.05) is 6.54 Å². The van der Waals surface area contributed by atoms with E-state index in [-0.39, 0.29) is 6.54 Å². The minimum absolute atomic E-state index is 0.240. The Labute approximate surface area is 119 Å². The number of hydrogen-bond acceptors (Lipinski definition) is 6. The molecule has 0 fully saturated rings. The zero-order valence-corrected chi connectivity index (χ0v) is 12.6. The highest BCUT2D eigenvalue weighted by molar-refractivity contribution is 5.67. The molecular weight excluding hydrogens is 258 g/mol. The molecule has 0 spiro atoms. The van der Waals surface area contributed by atoms with Crippen LogP contribution in [0, 0.1) is 0 Å². The van der Waals surface area contributed by atoms with Crippen molar-refractivity contribution in [2.75, 3.05) is 11.9 Å². The Morgan fingerprint density at radius 2 is 2.10 bits per heavy atom. The molecule has 0 aliphatic rings. The van der Waals surface area contributed by atoms with E-state index < -0.39 is 11.7 Å². The van der Waals surface area contributed by atoms with Crippen molar-refractivity contribution in [3.63, 3.8) is 0 Å². The van der Waals surface area contributed by atoms with Crippen LogP contribution < -0.4 is 10.6 Å². The average Bonchev–Trinajstić information content (AvgIpc) is 2.36. The molecule has 0 aromatic carbocycles. The van der Waals surface area contributed by atoms with Crippen LogP contribution in [0.1, 0.15) is 46.2 Å². The summed E-state index contributed by atoms with van der Waals surface area (Å²) in [6.45, 7) is 8.62. The maximum absolute atomic E-state index is 11.5.